The number of anilines is 3. The fourth-order valence-electron chi connectivity index (χ4n) is 5.48. The SMILES string of the molecule is CC(C)C(=O)N1CCN(c2ccc(Nc3ncc4c(=O)n5c(nc4n3)c3ccccc3n5-c3ccccn3)cc2)CC1. The molecule has 210 valence electrons. The third-order valence-corrected chi connectivity index (χ3v) is 7.62. The van der Waals surface area contributed by atoms with E-state index in [9.17, 15) is 9.59 Å². The van der Waals surface area contributed by atoms with Crippen molar-refractivity contribution in [1.29, 1.82) is 0 Å². The van der Waals surface area contributed by atoms with Crippen molar-refractivity contribution in [2.45, 2.75) is 13.8 Å². The molecule has 11 nitrogen and oxygen atoms in total. The van der Waals surface area contributed by atoms with Gasteiger partial charge in [0.05, 0.1) is 5.52 Å². The number of fused-ring (bicyclic) bond motifs is 4. The van der Waals surface area contributed by atoms with Gasteiger partial charge in [-0.1, -0.05) is 32.0 Å². The maximum Gasteiger partial charge on any atom is 0.284 e. The largest absolute Gasteiger partial charge is 0.368 e. The summed E-state index contributed by atoms with van der Waals surface area (Å²) < 4.78 is 3.30. The number of nitrogens with zero attached hydrogens (tertiary/aromatic N) is 8. The number of nitrogens with one attached hydrogen (secondary N) is 1. The summed E-state index contributed by atoms with van der Waals surface area (Å²) >= 11 is 0. The summed E-state index contributed by atoms with van der Waals surface area (Å²) in [5.74, 6) is 1.19. The first-order valence-corrected chi connectivity index (χ1v) is 14.0. The zero-order valence-corrected chi connectivity index (χ0v) is 23.3. The molecule has 0 bridgehead atoms. The number of amides is 1. The first-order valence-electron chi connectivity index (χ1n) is 14.0. The highest BCUT2D eigenvalue weighted by atomic mass is 16.2. The van der Waals surface area contributed by atoms with Crippen LogP contribution in [0.5, 0.6) is 0 Å². The van der Waals surface area contributed by atoms with E-state index in [0.717, 1.165) is 48.5 Å². The number of benzene rings is 2. The Bertz CT molecular complexity index is 1990. The smallest absolute Gasteiger partial charge is 0.284 e. The second-order valence-corrected chi connectivity index (χ2v) is 10.6. The summed E-state index contributed by atoms with van der Waals surface area (Å²) in [4.78, 5) is 48.6. The Morgan fingerprint density at radius 1 is 0.857 bits per heavy atom. The lowest BCUT2D eigenvalue weighted by molar-refractivity contribution is -0.134. The molecule has 0 spiro atoms. The first-order chi connectivity index (χ1) is 20.5. The standard InChI is InChI=1S/C31H29N9O2/c1-20(2)29(41)38-17-15-37(16-18-38)22-12-10-21(11-13-22)34-31-33-19-24-27(36-31)35-28-23-7-3-4-8-25(23)39(40(28)30(24)42)26-9-5-6-14-32-26/h3-14,19-20H,15-18H2,1-2H3,(H,33,34,36). The maximum atomic E-state index is 13.7. The van der Waals surface area contributed by atoms with Crippen molar-refractivity contribution in [1.82, 2.24) is 34.0 Å². The molecule has 6 aromatic rings. The summed E-state index contributed by atoms with van der Waals surface area (Å²) in [6.07, 6.45) is 3.21. The molecule has 1 fully saturated rings. The highest BCUT2D eigenvalue weighted by Crippen LogP contribution is 2.25. The number of piperazine rings is 1. The molecule has 1 aliphatic rings. The van der Waals surface area contributed by atoms with Crippen LogP contribution in [0.1, 0.15) is 13.8 Å². The van der Waals surface area contributed by atoms with Crippen molar-refractivity contribution in [2.24, 2.45) is 5.92 Å². The van der Waals surface area contributed by atoms with Gasteiger partial charge in [0.15, 0.2) is 17.1 Å². The van der Waals surface area contributed by atoms with E-state index < -0.39 is 0 Å². The quantitative estimate of drug-likeness (QED) is 0.337. The van der Waals surface area contributed by atoms with Crippen molar-refractivity contribution in [3.63, 3.8) is 0 Å². The molecule has 0 saturated carbocycles. The summed E-state index contributed by atoms with van der Waals surface area (Å²) in [5, 5.41) is 4.37. The first kappa shape index (κ1) is 25.6. The number of carbonyl (C=O) groups excluding carboxylic acids is 1. The monoisotopic (exact) mass is 559 g/mol. The molecule has 1 aliphatic heterocycles. The average molecular weight is 560 g/mol. The molecular formula is C31H29N9O2. The van der Waals surface area contributed by atoms with Crippen LogP contribution in [0.15, 0.2) is 83.9 Å². The van der Waals surface area contributed by atoms with Crippen LogP contribution in [-0.4, -0.2) is 66.1 Å². The third-order valence-electron chi connectivity index (χ3n) is 7.62. The average Bonchev–Trinajstić information content (AvgIpc) is 3.36. The van der Waals surface area contributed by atoms with E-state index in [4.69, 9.17) is 4.98 Å². The lowest BCUT2D eigenvalue weighted by Gasteiger charge is -2.37. The van der Waals surface area contributed by atoms with Crippen LogP contribution in [0, 0.1) is 5.92 Å². The van der Waals surface area contributed by atoms with Gasteiger partial charge in [-0.25, -0.2) is 19.6 Å². The summed E-state index contributed by atoms with van der Waals surface area (Å²) in [7, 11) is 0. The molecule has 42 heavy (non-hydrogen) atoms. The molecule has 5 heterocycles. The zero-order valence-electron chi connectivity index (χ0n) is 23.3. The molecule has 0 atom stereocenters. The van der Waals surface area contributed by atoms with Gasteiger partial charge in [-0.3, -0.25) is 9.59 Å². The molecule has 0 radical (unpaired) electrons. The second kappa shape index (κ2) is 10.3. The Kier molecular flexibility index (Phi) is 6.26. The van der Waals surface area contributed by atoms with Crippen LogP contribution in [0.2, 0.25) is 0 Å². The fourth-order valence-corrected chi connectivity index (χ4v) is 5.48. The minimum atomic E-state index is -0.275. The van der Waals surface area contributed by atoms with Crippen LogP contribution in [0.25, 0.3) is 33.4 Å². The van der Waals surface area contributed by atoms with Crippen molar-refractivity contribution >= 4 is 50.8 Å². The number of carbonyl (C=O) groups is 1. The lowest BCUT2D eigenvalue weighted by atomic mass is 10.1. The van der Waals surface area contributed by atoms with Gasteiger partial charge in [-0.05, 0) is 48.5 Å². The molecule has 11 heteroatoms. The van der Waals surface area contributed by atoms with Gasteiger partial charge in [0.25, 0.3) is 5.56 Å². The van der Waals surface area contributed by atoms with Gasteiger partial charge in [-0.15, -0.1) is 0 Å². The predicted octanol–water partition coefficient (Wildman–Crippen LogP) is 4.02. The molecule has 1 amide bonds. The van der Waals surface area contributed by atoms with Gasteiger partial charge >= 0.3 is 0 Å². The molecular weight excluding hydrogens is 530 g/mol. The summed E-state index contributed by atoms with van der Waals surface area (Å²) in [6, 6.07) is 21.3. The number of aromatic nitrogens is 6. The fraction of sp³-hybridized carbons (Fsp3) is 0.226. The molecule has 0 aliphatic carbocycles. The predicted molar refractivity (Wildman–Crippen MR) is 163 cm³/mol. The molecule has 2 aromatic carbocycles. The number of hydrogen-bond acceptors (Lipinski definition) is 8. The van der Waals surface area contributed by atoms with Gasteiger partial charge in [0, 0.05) is 61.3 Å². The summed E-state index contributed by atoms with van der Waals surface area (Å²) in [6.45, 7) is 6.93. The van der Waals surface area contributed by atoms with Crippen molar-refractivity contribution in [3.05, 3.63) is 89.5 Å². The second-order valence-electron chi connectivity index (χ2n) is 10.6. The number of rotatable bonds is 5. The van der Waals surface area contributed by atoms with E-state index in [0.29, 0.717) is 28.4 Å². The van der Waals surface area contributed by atoms with E-state index in [1.54, 1.807) is 10.9 Å². The Balaban J connectivity index is 1.17. The molecule has 7 rings (SSSR count). The van der Waals surface area contributed by atoms with E-state index in [2.05, 4.69) is 25.2 Å². The minimum absolute atomic E-state index is 0.0198. The van der Waals surface area contributed by atoms with Crippen LogP contribution >= 0.6 is 0 Å². The van der Waals surface area contributed by atoms with E-state index in [1.807, 2.05) is 85.5 Å². The van der Waals surface area contributed by atoms with Crippen LogP contribution in [0.3, 0.4) is 0 Å². The Morgan fingerprint density at radius 2 is 1.62 bits per heavy atom. The van der Waals surface area contributed by atoms with Gasteiger partial charge < -0.3 is 15.1 Å². The normalized spacial score (nSPS) is 13.9. The number of hydrogen-bond donors (Lipinski definition) is 1. The van der Waals surface area contributed by atoms with Crippen LogP contribution < -0.4 is 15.8 Å². The van der Waals surface area contributed by atoms with E-state index in [1.165, 1.54) is 10.7 Å². The van der Waals surface area contributed by atoms with Crippen LogP contribution in [-0.2, 0) is 4.79 Å². The van der Waals surface area contributed by atoms with Crippen LogP contribution in [0.4, 0.5) is 17.3 Å². The minimum Gasteiger partial charge on any atom is -0.368 e. The Labute approximate surface area is 241 Å². The van der Waals surface area contributed by atoms with Crippen molar-refractivity contribution < 1.29 is 4.79 Å². The molecule has 1 saturated heterocycles. The molecule has 1 N–H and O–H groups in total. The van der Waals surface area contributed by atoms with Crippen molar-refractivity contribution in [3.8, 4) is 5.82 Å². The van der Waals surface area contributed by atoms with Gasteiger partial charge in [-0.2, -0.15) is 9.50 Å². The van der Waals surface area contributed by atoms with E-state index in [-0.39, 0.29) is 17.4 Å². The third kappa shape index (κ3) is 4.39. The zero-order chi connectivity index (χ0) is 28.8. The van der Waals surface area contributed by atoms with Crippen molar-refractivity contribution in [2.75, 3.05) is 36.4 Å². The van der Waals surface area contributed by atoms with Gasteiger partial charge in [0.1, 0.15) is 5.39 Å². The number of para-hydroxylation sites is 1. The molecule has 0 unspecified atom stereocenters. The highest BCUT2D eigenvalue weighted by molar-refractivity contribution is 5.95. The summed E-state index contributed by atoms with van der Waals surface area (Å²) in [5.41, 5.74) is 3.26. The topological polar surface area (TPSA) is 114 Å². The Morgan fingerprint density at radius 3 is 2.36 bits per heavy atom. The molecule has 4 aromatic heterocycles. The van der Waals surface area contributed by atoms with Gasteiger partial charge in [0.2, 0.25) is 11.9 Å². The highest BCUT2D eigenvalue weighted by Gasteiger charge is 2.23. The Hall–Kier alpha value is -5.32. The number of pyridine rings is 1. The van der Waals surface area contributed by atoms with E-state index >= 15 is 0 Å². The maximum absolute atomic E-state index is 13.7. The lowest BCUT2D eigenvalue weighted by Crippen LogP contribution is -2.49.